The molecule has 0 saturated carbocycles. The van der Waals surface area contributed by atoms with Gasteiger partial charge >= 0.3 is 0 Å². The van der Waals surface area contributed by atoms with Gasteiger partial charge in [-0.15, -0.1) is 0 Å². The predicted octanol–water partition coefficient (Wildman–Crippen LogP) is 1.29. The molecule has 0 aliphatic carbocycles. The van der Waals surface area contributed by atoms with Crippen molar-refractivity contribution in [3.63, 3.8) is 0 Å². The van der Waals surface area contributed by atoms with Crippen LogP contribution in [0.1, 0.15) is 5.82 Å². The fourth-order valence-electron chi connectivity index (χ4n) is 1.61. The van der Waals surface area contributed by atoms with Gasteiger partial charge in [0.1, 0.15) is 11.6 Å². The van der Waals surface area contributed by atoms with E-state index in [0.29, 0.717) is 0 Å². The van der Waals surface area contributed by atoms with E-state index >= 15 is 0 Å². The molecule has 2 aromatic rings. The summed E-state index contributed by atoms with van der Waals surface area (Å²) in [6.07, 6.45) is 0. The maximum Gasteiger partial charge on any atom is 0.229 e. The lowest BCUT2D eigenvalue weighted by Crippen LogP contribution is -2.17. The number of hydrogen-bond acceptors (Lipinski definition) is 7. The Labute approximate surface area is 131 Å². The van der Waals surface area contributed by atoms with Gasteiger partial charge < -0.3 is 10.6 Å². The van der Waals surface area contributed by atoms with Crippen LogP contribution in [0.15, 0.2) is 23.1 Å². The summed E-state index contributed by atoms with van der Waals surface area (Å²) in [5.41, 5.74) is 5.54. The summed E-state index contributed by atoms with van der Waals surface area (Å²) in [6.45, 7) is 0. The molecule has 0 amide bonds. The molecule has 118 valence electrons. The number of sulfone groups is 1. The van der Waals surface area contributed by atoms with E-state index in [1.54, 1.807) is 19.0 Å². The third-order valence-corrected chi connectivity index (χ3v) is 4.56. The Morgan fingerprint density at radius 2 is 1.95 bits per heavy atom. The number of nitrogens with zero attached hydrogens (tertiary/aromatic N) is 4. The first-order chi connectivity index (χ1) is 10.2. The second kappa shape index (κ2) is 6.01. The molecular weight excluding hydrogens is 333 g/mol. The van der Waals surface area contributed by atoms with E-state index < -0.39 is 21.4 Å². The maximum absolute atomic E-state index is 13.1. The number of nitrogen functional groups attached to an aromatic ring is 1. The number of aromatic nitrogens is 3. The number of halogens is 2. The molecule has 2 N–H and O–H groups in total. The van der Waals surface area contributed by atoms with Crippen LogP contribution in [0.25, 0.3) is 0 Å². The molecule has 0 fully saturated rings. The Morgan fingerprint density at radius 1 is 1.27 bits per heavy atom. The van der Waals surface area contributed by atoms with Crippen LogP contribution >= 0.6 is 11.6 Å². The first-order valence-electron chi connectivity index (χ1n) is 6.04. The number of anilines is 2. The van der Waals surface area contributed by atoms with Crippen LogP contribution in [0, 0.1) is 5.82 Å². The highest BCUT2D eigenvalue weighted by Gasteiger charge is 2.20. The molecule has 0 bridgehead atoms. The molecule has 0 atom stereocenters. The van der Waals surface area contributed by atoms with E-state index in [2.05, 4.69) is 15.0 Å². The Kier molecular flexibility index (Phi) is 4.47. The van der Waals surface area contributed by atoms with Gasteiger partial charge in [0.25, 0.3) is 0 Å². The first kappa shape index (κ1) is 16.4. The van der Waals surface area contributed by atoms with Gasteiger partial charge in [0.05, 0.1) is 9.92 Å². The van der Waals surface area contributed by atoms with Crippen molar-refractivity contribution in [1.29, 1.82) is 0 Å². The van der Waals surface area contributed by atoms with Crippen LogP contribution < -0.4 is 10.6 Å². The molecule has 22 heavy (non-hydrogen) atoms. The molecule has 7 nitrogen and oxygen atoms in total. The number of hydrogen-bond donors (Lipinski definition) is 1. The molecular formula is C12H13ClFN5O2S. The summed E-state index contributed by atoms with van der Waals surface area (Å²) < 4.78 is 37.8. The monoisotopic (exact) mass is 345 g/mol. The highest BCUT2D eigenvalue weighted by Crippen LogP contribution is 2.22. The Balaban J connectivity index is 2.38. The minimum atomic E-state index is -3.79. The van der Waals surface area contributed by atoms with Crippen molar-refractivity contribution in [2.24, 2.45) is 0 Å². The minimum Gasteiger partial charge on any atom is -0.368 e. The number of nitrogens with two attached hydrogens (primary N) is 1. The topological polar surface area (TPSA) is 102 Å². The molecule has 1 aromatic carbocycles. The molecule has 1 aromatic heterocycles. The molecule has 0 saturated heterocycles. The SMILES string of the molecule is CN(C)c1nc(N)nc(CS(=O)(=O)c2ccc(F)c(Cl)c2)n1. The second-order valence-electron chi connectivity index (χ2n) is 4.64. The van der Waals surface area contributed by atoms with Crippen molar-refractivity contribution < 1.29 is 12.8 Å². The standard InChI is InChI=1S/C12H13ClFN5O2S/c1-19(2)12-17-10(16-11(15)18-12)6-22(20,21)7-3-4-9(14)8(13)5-7/h3-5H,6H2,1-2H3,(H2,15,16,17,18). The van der Waals surface area contributed by atoms with Crippen LogP contribution in [0.5, 0.6) is 0 Å². The lowest BCUT2D eigenvalue weighted by molar-refractivity contribution is 0.592. The first-order valence-corrected chi connectivity index (χ1v) is 8.07. The van der Waals surface area contributed by atoms with Crippen molar-refractivity contribution in [2.75, 3.05) is 24.7 Å². The summed E-state index contributed by atoms with van der Waals surface area (Å²) in [7, 11) is -0.415. The van der Waals surface area contributed by atoms with Crippen molar-refractivity contribution >= 4 is 33.3 Å². The van der Waals surface area contributed by atoms with Crippen molar-refractivity contribution in [3.05, 3.63) is 34.9 Å². The minimum absolute atomic E-state index is 0.00310. The summed E-state index contributed by atoms with van der Waals surface area (Å²) in [4.78, 5) is 13.2. The molecule has 10 heteroatoms. The number of benzene rings is 1. The van der Waals surface area contributed by atoms with Crippen molar-refractivity contribution in [2.45, 2.75) is 10.6 Å². The fourth-order valence-corrected chi connectivity index (χ4v) is 3.07. The largest absolute Gasteiger partial charge is 0.368 e. The highest BCUT2D eigenvalue weighted by atomic mass is 35.5. The average molecular weight is 346 g/mol. The summed E-state index contributed by atoms with van der Waals surface area (Å²) >= 11 is 5.61. The molecule has 0 aliphatic rings. The zero-order chi connectivity index (χ0) is 16.5. The fraction of sp³-hybridized carbons (Fsp3) is 0.250. The predicted molar refractivity (Wildman–Crippen MR) is 80.9 cm³/mol. The third kappa shape index (κ3) is 3.60. The van der Waals surface area contributed by atoms with Gasteiger partial charge in [-0.05, 0) is 18.2 Å². The van der Waals surface area contributed by atoms with E-state index in [-0.39, 0.29) is 27.6 Å². The van der Waals surface area contributed by atoms with Crippen LogP contribution in [-0.4, -0.2) is 37.5 Å². The van der Waals surface area contributed by atoms with Gasteiger partial charge in [-0.25, -0.2) is 12.8 Å². The Morgan fingerprint density at radius 3 is 2.55 bits per heavy atom. The van der Waals surface area contributed by atoms with E-state index in [0.717, 1.165) is 18.2 Å². The van der Waals surface area contributed by atoms with Gasteiger partial charge in [0.2, 0.25) is 11.9 Å². The van der Waals surface area contributed by atoms with E-state index in [9.17, 15) is 12.8 Å². The van der Waals surface area contributed by atoms with Gasteiger partial charge in [0, 0.05) is 14.1 Å². The highest BCUT2D eigenvalue weighted by molar-refractivity contribution is 7.90. The molecule has 0 radical (unpaired) electrons. The van der Waals surface area contributed by atoms with E-state index in [1.165, 1.54) is 0 Å². The Hall–Kier alpha value is -2.00. The van der Waals surface area contributed by atoms with Crippen LogP contribution in [0.2, 0.25) is 5.02 Å². The normalized spacial score (nSPS) is 11.5. The maximum atomic E-state index is 13.1. The smallest absolute Gasteiger partial charge is 0.229 e. The summed E-state index contributed by atoms with van der Waals surface area (Å²) in [5, 5.41) is -0.273. The van der Waals surface area contributed by atoms with E-state index in [1.807, 2.05) is 0 Å². The molecule has 2 rings (SSSR count). The number of rotatable bonds is 4. The van der Waals surface area contributed by atoms with Crippen LogP contribution in [-0.2, 0) is 15.6 Å². The molecule has 0 aliphatic heterocycles. The van der Waals surface area contributed by atoms with Crippen LogP contribution in [0.4, 0.5) is 16.3 Å². The second-order valence-corrected chi connectivity index (χ2v) is 7.04. The zero-order valence-corrected chi connectivity index (χ0v) is 13.4. The average Bonchev–Trinajstić information content (AvgIpc) is 2.40. The quantitative estimate of drug-likeness (QED) is 0.833. The molecule has 0 unspecified atom stereocenters. The van der Waals surface area contributed by atoms with E-state index in [4.69, 9.17) is 17.3 Å². The lowest BCUT2D eigenvalue weighted by atomic mass is 10.3. The lowest BCUT2D eigenvalue weighted by Gasteiger charge is -2.11. The molecule has 0 spiro atoms. The summed E-state index contributed by atoms with van der Waals surface area (Å²) in [5.74, 6) is -1.03. The van der Waals surface area contributed by atoms with Crippen molar-refractivity contribution in [1.82, 2.24) is 15.0 Å². The summed E-state index contributed by atoms with van der Waals surface area (Å²) in [6, 6.07) is 3.17. The zero-order valence-electron chi connectivity index (χ0n) is 11.8. The third-order valence-electron chi connectivity index (χ3n) is 2.66. The van der Waals surface area contributed by atoms with Gasteiger partial charge in [0.15, 0.2) is 15.7 Å². The van der Waals surface area contributed by atoms with Gasteiger partial charge in [-0.3, -0.25) is 0 Å². The van der Waals surface area contributed by atoms with Crippen molar-refractivity contribution in [3.8, 4) is 0 Å². The Bertz CT molecular complexity index is 813. The van der Waals surface area contributed by atoms with Gasteiger partial charge in [-0.1, -0.05) is 11.6 Å². The molecule has 1 heterocycles. The van der Waals surface area contributed by atoms with Crippen LogP contribution in [0.3, 0.4) is 0 Å². The van der Waals surface area contributed by atoms with Gasteiger partial charge in [-0.2, -0.15) is 15.0 Å².